The number of pyridine rings is 1. The average molecular weight is 329 g/mol. The van der Waals surface area contributed by atoms with Crippen molar-refractivity contribution in [3.63, 3.8) is 0 Å². The van der Waals surface area contributed by atoms with Gasteiger partial charge >= 0.3 is 0 Å². The van der Waals surface area contributed by atoms with Gasteiger partial charge in [0.15, 0.2) is 11.7 Å². The van der Waals surface area contributed by atoms with E-state index in [1.54, 1.807) is 12.3 Å². The molecule has 0 radical (unpaired) electrons. The van der Waals surface area contributed by atoms with Crippen molar-refractivity contribution in [3.05, 3.63) is 59.9 Å². The van der Waals surface area contributed by atoms with E-state index in [0.717, 1.165) is 5.69 Å². The van der Waals surface area contributed by atoms with Crippen LogP contribution in [0.5, 0.6) is 5.75 Å². The summed E-state index contributed by atoms with van der Waals surface area (Å²) < 4.78 is 18.2. The maximum Gasteiger partial charge on any atom is 0.264 e. The SMILES string of the molecule is O=C(COc1cccc(F)c1)Nc1nc(-c2ccccn2)cs1. The van der Waals surface area contributed by atoms with E-state index in [-0.39, 0.29) is 12.5 Å². The van der Waals surface area contributed by atoms with Crippen LogP contribution in [-0.2, 0) is 4.79 Å². The van der Waals surface area contributed by atoms with Crippen LogP contribution in [0.4, 0.5) is 9.52 Å². The Hall–Kier alpha value is -2.80. The number of thiazole rings is 1. The third kappa shape index (κ3) is 4.10. The summed E-state index contributed by atoms with van der Waals surface area (Å²) in [5.41, 5.74) is 1.43. The number of carbonyl (C=O) groups excluding carboxylic acids is 1. The van der Waals surface area contributed by atoms with Gasteiger partial charge in [0, 0.05) is 17.6 Å². The Morgan fingerprint density at radius 2 is 2.13 bits per heavy atom. The third-order valence-electron chi connectivity index (χ3n) is 2.84. The molecule has 1 amide bonds. The number of halogens is 1. The predicted octanol–water partition coefficient (Wildman–Crippen LogP) is 3.36. The molecule has 116 valence electrons. The fourth-order valence-corrected chi connectivity index (χ4v) is 2.54. The molecule has 0 aliphatic rings. The van der Waals surface area contributed by atoms with Gasteiger partial charge in [0.2, 0.25) is 0 Å². The fourth-order valence-electron chi connectivity index (χ4n) is 1.82. The summed E-state index contributed by atoms with van der Waals surface area (Å²) in [6.07, 6.45) is 1.68. The Balaban J connectivity index is 1.57. The van der Waals surface area contributed by atoms with Crippen LogP contribution in [0.2, 0.25) is 0 Å². The lowest BCUT2D eigenvalue weighted by molar-refractivity contribution is -0.118. The van der Waals surface area contributed by atoms with Gasteiger partial charge in [0.25, 0.3) is 5.91 Å². The number of aromatic nitrogens is 2. The molecule has 7 heteroatoms. The molecule has 0 atom stereocenters. The molecule has 23 heavy (non-hydrogen) atoms. The highest BCUT2D eigenvalue weighted by Crippen LogP contribution is 2.23. The molecule has 2 heterocycles. The Morgan fingerprint density at radius 1 is 1.22 bits per heavy atom. The fraction of sp³-hybridized carbons (Fsp3) is 0.0625. The summed E-state index contributed by atoms with van der Waals surface area (Å²) in [4.78, 5) is 20.3. The summed E-state index contributed by atoms with van der Waals surface area (Å²) >= 11 is 1.30. The zero-order chi connectivity index (χ0) is 16.1. The molecule has 1 aromatic carbocycles. The van der Waals surface area contributed by atoms with Gasteiger partial charge in [-0.15, -0.1) is 11.3 Å². The molecule has 2 aromatic heterocycles. The maximum absolute atomic E-state index is 13.0. The number of nitrogens with zero attached hydrogens (tertiary/aromatic N) is 2. The van der Waals surface area contributed by atoms with E-state index >= 15 is 0 Å². The van der Waals surface area contributed by atoms with Gasteiger partial charge in [-0.1, -0.05) is 12.1 Å². The Morgan fingerprint density at radius 3 is 2.91 bits per heavy atom. The molecule has 3 aromatic rings. The van der Waals surface area contributed by atoms with Crippen LogP contribution >= 0.6 is 11.3 Å². The lowest BCUT2D eigenvalue weighted by Crippen LogP contribution is -2.20. The molecule has 0 spiro atoms. The van der Waals surface area contributed by atoms with Crippen LogP contribution in [-0.4, -0.2) is 22.5 Å². The van der Waals surface area contributed by atoms with Crippen LogP contribution < -0.4 is 10.1 Å². The summed E-state index contributed by atoms with van der Waals surface area (Å²) in [6.45, 7) is -0.220. The molecule has 5 nitrogen and oxygen atoms in total. The Bertz CT molecular complexity index is 808. The predicted molar refractivity (Wildman–Crippen MR) is 85.9 cm³/mol. The summed E-state index contributed by atoms with van der Waals surface area (Å²) in [5, 5.41) is 4.91. The zero-order valence-corrected chi connectivity index (χ0v) is 12.7. The van der Waals surface area contributed by atoms with Crippen molar-refractivity contribution in [1.82, 2.24) is 9.97 Å². The van der Waals surface area contributed by atoms with Crippen molar-refractivity contribution in [2.75, 3.05) is 11.9 Å². The molecule has 1 N–H and O–H groups in total. The minimum Gasteiger partial charge on any atom is -0.484 e. The number of carbonyl (C=O) groups is 1. The van der Waals surface area contributed by atoms with Crippen molar-refractivity contribution < 1.29 is 13.9 Å². The zero-order valence-electron chi connectivity index (χ0n) is 11.9. The number of benzene rings is 1. The second-order valence-electron chi connectivity index (χ2n) is 4.55. The van der Waals surface area contributed by atoms with E-state index in [2.05, 4.69) is 15.3 Å². The van der Waals surface area contributed by atoms with Crippen molar-refractivity contribution in [3.8, 4) is 17.1 Å². The highest BCUT2D eigenvalue weighted by Gasteiger charge is 2.09. The lowest BCUT2D eigenvalue weighted by atomic mass is 10.3. The maximum atomic E-state index is 13.0. The minimum absolute atomic E-state index is 0.220. The topological polar surface area (TPSA) is 64.1 Å². The van der Waals surface area contributed by atoms with Gasteiger partial charge in [-0.3, -0.25) is 15.1 Å². The van der Waals surface area contributed by atoms with Gasteiger partial charge in [-0.05, 0) is 24.3 Å². The first kappa shape index (κ1) is 15.1. The Labute approximate surface area is 135 Å². The van der Waals surface area contributed by atoms with Crippen LogP contribution in [0.1, 0.15) is 0 Å². The van der Waals surface area contributed by atoms with E-state index in [1.807, 2.05) is 23.6 Å². The summed E-state index contributed by atoms with van der Waals surface area (Å²) in [5.74, 6) is -0.479. The summed E-state index contributed by atoms with van der Waals surface area (Å²) in [6, 6.07) is 11.2. The molecule has 0 fully saturated rings. The van der Waals surface area contributed by atoms with Gasteiger partial charge in [-0.25, -0.2) is 9.37 Å². The lowest BCUT2D eigenvalue weighted by Gasteiger charge is -2.05. The smallest absolute Gasteiger partial charge is 0.264 e. The van der Waals surface area contributed by atoms with E-state index in [9.17, 15) is 9.18 Å². The summed E-state index contributed by atoms with van der Waals surface area (Å²) in [7, 11) is 0. The van der Waals surface area contributed by atoms with Crippen molar-refractivity contribution >= 4 is 22.4 Å². The molecule has 3 rings (SSSR count). The van der Waals surface area contributed by atoms with Crippen LogP contribution in [0.15, 0.2) is 54.0 Å². The van der Waals surface area contributed by atoms with Gasteiger partial charge < -0.3 is 4.74 Å². The highest BCUT2D eigenvalue weighted by atomic mass is 32.1. The number of ether oxygens (including phenoxy) is 1. The number of nitrogens with one attached hydrogen (secondary N) is 1. The number of amides is 1. The van der Waals surface area contributed by atoms with E-state index in [4.69, 9.17) is 4.74 Å². The van der Waals surface area contributed by atoms with Crippen LogP contribution in [0.25, 0.3) is 11.4 Å². The monoisotopic (exact) mass is 329 g/mol. The molecular formula is C16H12FN3O2S. The first-order chi connectivity index (χ1) is 11.2. The molecule has 0 bridgehead atoms. The largest absolute Gasteiger partial charge is 0.484 e. The first-order valence-electron chi connectivity index (χ1n) is 6.76. The van der Waals surface area contributed by atoms with Crippen LogP contribution in [0, 0.1) is 5.82 Å². The van der Waals surface area contributed by atoms with E-state index in [1.165, 1.54) is 29.5 Å². The average Bonchev–Trinajstić information content (AvgIpc) is 3.02. The third-order valence-corrected chi connectivity index (χ3v) is 3.60. The van der Waals surface area contributed by atoms with E-state index in [0.29, 0.717) is 16.6 Å². The van der Waals surface area contributed by atoms with Gasteiger partial charge in [0.05, 0.1) is 5.69 Å². The van der Waals surface area contributed by atoms with Crippen molar-refractivity contribution in [2.45, 2.75) is 0 Å². The number of rotatable bonds is 5. The standard InChI is InChI=1S/C16H12FN3O2S/c17-11-4-3-5-12(8-11)22-9-15(21)20-16-19-14(10-23-16)13-6-1-2-7-18-13/h1-8,10H,9H2,(H,19,20,21). The normalized spacial score (nSPS) is 10.3. The minimum atomic E-state index is -0.414. The van der Waals surface area contributed by atoms with Crippen LogP contribution in [0.3, 0.4) is 0 Å². The molecule has 0 aliphatic heterocycles. The second kappa shape index (κ2) is 6.97. The van der Waals surface area contributed by atoms with Gasteiger partial charge in [0.1, 0.15) is 17.3 Å². The molecule has 0 saturated carbocycles. The molecule has 0 unspecified atom stereocenters. The first-order valence-corrected chi connectivity index (χ1v) is 7.64. The molecule has 0 aliphatic carbocycles. The van der Waals surface area contributed by atoms with E-state index < -0.39 is 5.82 Å². The van der Waals surface area contributed by atoms with Gasteiger partial charge in [-0.2, -0.15) is 0 Å². The van der Waals surface area contributed by atoms with Crippen molar-refractivity contribution in [1.29, 1.82) is 0 Å². The Kier molecular flexibility index (Phi) is 4.58. The number of hydrogen-bond donors (Lipinski definition) is 1. The second-order valence-corrected chi connectivity index (χ2v) is 5.41. The molecule has 0 saturated heterocycles. The number of hydrogen-bond acceptors (Lipinski definition) is 5. The quantitative estimate of drug-likeness (QED) is 0.779. The highest BCUT2D eigenvalue weighted by molar-refractivity contribution is 7.14. The van der Waals surface area contributed by atoms with Crippen molar-refractivity contribution in [2.24, 2.45) is 0 Å². The molecular weight excluding hydrogens is 317 g/mol. The number of anilines is 1.